The first-order valence-corrected chi connectivity index (χ1v) is 8.23. The largest absolute Gasteiger partial charge is 0.481 e. The fraction of sp³-hybridized carbons (Fsp3) is 0.500. The van der Waals surface area contributed by atoms with Gasteiger partial charge in [-0.3, -0.25) is 9.10 Å². The van der Waals surface area contributed by atoms with Gasteiger partial charge >= 0.3 is 5.97 Å². The summed E-state index contributed by atoms with van der Waals surface area (Å²) in [6, 6.07) is 7.11. The first kappa shape index (κ1) is 14.8. The van der Waals surface area contributed by atoms with E-state index in [0.29, 0.717) is 12.1 Å². The van der Waals surface area contributed by atoms with Gasteiger partial charge in [-0.05, 0) is 24.0 Å². The lowest BCUT2D eigenvalue weighted by atomic mass is 9.94. The lowest BCUT2D eigenvalue weighted by Crippen LogP contribution is -2.44. The second-order valence-electron chi connectivity index (χ2n) is 5.57. The molecular formula is C14H19NO4S. The molecule has 1 aromatic rings. The van der Waals surface area contributed by atoms with Gasteiger partial charge in [-0.25, -0.2) is 8.42 Å². The summed E-state index contributed by atoms with van der Waals surface area (Å²) in [5.74, 6) is -1.62. The molecule has 0 bridgehead atoms. The van der Waals surface area contributed by atoms with Crippen molar-refractivity contribution < 1.29 is 18.3 Å². The highest BCUT2D eigenvalue weighted by Gasteiger charge is 2.35. The SMILES string of the molecule is CC(C)CS(=O)(=O)N1CC(C(=O)O)Cc2ccccc21. The fourth-order valence-corrected chi connectivity index (χ4v) is 4.40. The molecule has 2 rings (SSSR count). The van der Waals surface area contributed by atoms with Gasteiger partial charge in [-0.2, -0.15) is 0 Å². The quantitative estimate of drug-likeness (QED) is 0.918. The van der Waals surface area contributed by atoms with Crippen LogP contribution >= 0.6 is 0 Å². The highest BCUT2D eigenvalue weighted by Crippen LogP contribution is 2.32. The minimum Gasteiger partial charge on any atom is -0.481 e. The van der Waals surface area contributed by atoms with Crippen molar-refractivity contribution in [3.05, 3.63) is 29.8 Å². The molecule has 0 radical (unpaired) electrons. The molecule has 0 saturated carbocycles. The monoisotopic (exact) mass is 297 g/mol. The third-order valence-corrected chi connectivity index (χ3v) is 5.45. The number of carbonyl (C=O) groups is 1. The molecular weight excluding hydrogens is 278 g/mol. The van der Waals surface area contributed by atoms with Gasteiger partial charge in [0.05, 0.1) is 17.4 Å². The zero-order valence-electron chi connectivity index (χ0n) is 11.6. The fourth-order valence-electron chi connectivity index (χ4n) is 2.50. The molecule has 110 valence electrons. The normalized spacial score (nSPS) is 18.9. The van der Waals surface area contributed by atoms with Crippen LogP contribution in [0.2, 0.25) is 0 Å². The van der Waals surface area contributed by atoms with Gasteiger partial charge in [0.2, 0.25) is 10.0 Å². The maximum atomic E-state index is 12.5. The maximum Gasteiger partial charge on any atom is 0.308 e. The summed E-state index contributed by atoms with van der Waals surface area (Å²) in [7, 11) is -3.49. The van der Waals surface area contributed by atoms with Gasteiger partial charge in [0.25, 0.3) is 0 Å². The predicted molar refractivity (Wildman–Crippen MR) is 77.2 cm³/mol. The molecule has 1 atom stereocenters. The van der Waals surface area contributed by atoms with Crippen LogP contribution in [0.5, 0.6) is 0 Å². The number of carboxylic acids is 1. The molecule has 0 amide bonds. The third kappa shape index (κ3) is 2.95. The molecule has 0 fully saturated rings. The Morgan fingerprint density at radius 1 is 1.40 bits per heavy atom. The van der Waals surface area contributed by atoms with Gasteiger partial charge in [-0.15, -0.1) is 0 Å². The Labute approximate surface area is 119 Å². The van der Waals surface area contributed by atoms with E-state index in [4.69, 9.17) is 0 Å². The van der Waals surface area contributed by atoms with Gasteiger partial charge in [0.1, 0.15) is 0 Å². The van der Waals surface area contributed by atoms with Crippen LogP contribution < -0.4 is 4.31 Å². The van der Waals surface area contributed by atoms with Crippen LogP contribution in [0.15, 0.2) is 24.3 Å². The van der Waals surface area contributed by atoms with Crippen LogP contribution in [0.1, 0.15) is 19.4 Å². The predicted octanol–water partition coefficient (Wildman–Crippen LogP) is 1.74. The summed E-state index contributed by atoms with van der Waals surface area (Å²) in [5, 5.41) is 9.21. The molecule has 6 heteroatoms. The standard InChI is InChI=1S/C14H19NO4S/c1-10(2)9-20(18,19)15-8-12(14(16)17)7-11-5-3-4-6-13(11)15/h3-6,10,12H,7-9H2,1-2H3,(H,16,17). The lowest BCUT2D eigenvalue weighted by molar-refractivity contribution is -0.141. The van der Waals surface area contributed by atoms with E-state index >= 15 is 0 Å². The van der Waals surface area contributed by atoms with E-state index in [1.165, 1.54) is 4.31 Å². The summed E-state index contributed by atoms with van der Waals surface area (Å²) in [4.78, 5) is 11.2. The van der Waals surface area contributed by atoms with Crippen LogP contribution in [0.4, 0.5) is 5.69 Å². The van der Waals surface area contributed by atoms with E-state index in [1.54, 1.807) is 24.3 Å². The lowest BCUT2D eigenvalue weighted by Gasteiger charge is -2.34. The number of anilines is 1. The Morgan fingerprint density at radius 3 is 2.65 bits per heavy atom. The number of aliphatic carboxylic acids is 1. The number of sulfonamides is 1. The molecule has 0 aliphatic carbocycles. The van der Waals surface area contributed by atoms with Crippen molar-refractivity contribution in [2.45, 2.75) is 20.3 Å². The number of fused-ring (bicyclic) bond motifs is 1. The molecule has 0 aromatic heterocycles. The van der Waals surface area contributed by atoms with E-state index in [1.807, 2.05) is 13.8 Å². The first-order chi connectivity index (χ1) is 9.31. The van der Waals surface area contributed by atoms with Crippen molar-refractivity contribution in [3.63, 3.8) is 0 Å². The number of carboxylic acid groups (broad SMARTS) is 1. The molecule has 1 heterocycles. The molecule has 0 spiro atoms. The van der Waals surface area contributed by atoms with E-state index in [2.05, 4.69) is 0 Å². The Bertz CT molecular complexity index is 609. The number of nitrogens with zero attached hydrogens (tertiary/aromatic N) is 1. The van der Waals surface area contributed by atoms with Crippen molar-refractivity contribution in [2.24, 2.45) is 11.8 Å². The van der Waals surface area contributed by atoms with Crippen LogP contribution in [0, 0.1) is 11.8 Å². The highest BCUT2D eigenvalue weighted by atomic mass is 32.2. The van der Waals surface area contributed by atoms with Crippen LogP contribution in [0.25, 0.3) is 0 Å². The van der Waals surface area contributed by atoms with Crippen molar-refractivity contribution in [1.82, 2.24) is 0 Å². The summed E-state index contributed by atoms with van der Waals surface area (Å²) in [5.41, 5.74) is 1.39. The molecule has 5 nitrogen and oxygen atoms in total. The number of rotatable bonds is 4. The van der Waals surface area contributed by atoms with Crippen LogP contribution in [0.3, 0.4) is 0 Å². The Balaban J connectivity index is 2.44. The van der Waals surface area contributed by atoms with E-state index < -0.39 is 21.9 Å². The summed E-state index contributed by atoms with van der Waals surface area (Å²) in [6.07, 6.45) is 0.374. The van der Waals surface area contributed by atoms with Crippen molar-refractivity contribution in [1.29, 1.82) is 0 Å². The topological polar surface area (TPSA) is 74.7 Å². The number of para-hydroxylation sites is 1. The Kier molecular flexibility index (Phi) is 4.04. The summed E-state index contributed by atoms with van der Waals surface area (Å²) < 4.78 is 26.2. The molecule has 0 saturated heterocycles. The Morgan fingerprint density at radius 2 is 2.05 bits per heavy atom. The van der Waals surface area contributed by atoms with Gasteiger partial charge in [-0.1, -0.05) is 32.0 Å². The zero-order valence-corrected chi connectivity index (χ0v) is 12.4. The molecule has 1 aromatic carbocycles. The first-order valence-electron chi connectivity index (χ1n) is 6.62. The highest BCUT2D eigenvalue weighted by molar-refractivity contribution is 7.92. The zero-order chi connectivity index (χ0) is 14.9. The summed E-state index contributed by atoms with van der Waals surface area (Å²) >= 11 is 0. The second kappa shape index (κ2) is 5.44. The number of hydrogen-bond donors (Lipinski definition) is 1. The summed E-state index contributed by atoms with van der Waals surface area (Å²) in [6.45, 7) is 3.69. The van der Waals surface area contributed by atoms with Crippen LogP contribution in [-0.4, -0.2) is 31.8 Å². The number of benzene rings is 1. The van der Waals surface area contributed by atoms with E-state index in [-0.39, 0.29) is 18.2 Å². The minimum atomic E-state index is -3.49. The second-order valence-corrected chi connectivity index (χ2v) is 7.51. The average Bonchev–Trinajstić information content (AvgIpc) is 2.35. The maximum absolute atomic E-state index is 12.5. The molecule has 20 heavy (non-hydrogen) atoms. The third-order valence-electron chi connectivity index (χ3n) is 3.34. The van der Waals surface area contributed by atoms with Crippen molar-refractivity contribution >= 4 is 21.7 Å². The van der Waals surface area contributed by atoms with E-state index in [9.17, 15) is 18.3 Å². The molecule has 1 unspecified atom stereocenters. The molecule has 1 N–H and O–H groups in total. The molecule has 1 aliphatic heterocycles. The van der Waals surface area contributed by atoms with Gasteiger partial charge < -0.3 is 5.11 Å². The van der Waals surface area contributed by atoms with Gasteiger partial charge in [0, 0.05) is 6.54 Å². The van der Waals surface area contributed by atoms with Crippen LogP contribution in [-0.2, 0) is 21.2 Å². The van der Waals surface area contributed by atoms with Crippen molar-refractivity contribution in [3.8, 4) is 0 Å². The van der Waals surface area contributed by atoms with Crippen molar-refractivity contribution in [2.75, 3.05) is 16.6 Å². The Hall–Kier alpha value is -1.56. The molecule has 1 aliphatic rings. The van der Waals surface area contributed by atoms with Gasteiger partial charge in [0.15, 0.2) is 0 Å². The average molecular weight is 297 g/mol. The number of hydrogen-bond acceptors (Lipinski definition) is 3. The smallest absolute Gasteiger partial charge is 0.308 e. The minimum absolute atomic E-state index is 0.00244. The van der Waals surface area contributed by atoms with E-state index in [0.717, 1.165) is 5.56 Å².